The smallest absolute Gasteiger partial charge is 0.354 e. The van der Waals surface area contributed by atoms with E-state index in [0.29, 0.717) is 0 Å². The fraction of sp³-hybridized carbons (Fsp3) is 0. The van der Waals surface area contributed by atoms with Crippen LogP contribution < -0.4 is 0 Å². The monoisotopic (exact) mass is 167 g/mol. The number of aromatic amines is 1. The fourth-order valence-corrected chi connectivity index (χ4v) is 1.73. The van der Waals surface area contributed by atoms with Gasteiger partial charge in [-0.05, 0) is 6.07 Å². The predicted molar refractivity (Wildman–Crippen MR) is 55.8 cm³/mol. The van der Waals surface area contributed by atoms with E-state index in [1.54, 1.807) is 0 Å². The van der Waals surface area contributed by atoms with E-state index >= 15 is 0 Å². The molecule has 1 heterocycles. The van der Waals surface area contributed by atoms with E-state index in [1.165, 1.54) is 16.3 Å². The number of para-hydroxylation sites is 2. The van der Waals surface area contributed by atoms with Gasteiger partial charge in [-0.3, -0.25) is 0 Å². The molecule has 1 radical (unpaired) electrons. The average Bonchev–Trinajstić information content (AvgIpc) is 2.56. The lowest BCUT2D eigenvalue weighted by Gasteiger charge is -1.87. The highest BCUT2D eigenvalue weighted by molar-refractivity contribution is 6.06. The molecule has 0 saturated heterocycles. The summed E-state index contributed by atoms with van der Waals surface area (Å²) in [4.78, 5) is 3.32. The molecule has 1 N–H and O–H groups in total. The van der Waals surface area contributed by atoms with Gasteiger partial charge < -0.3 is 4.98 Å². The molecule has 0 spiro atoms. The van der Waals surface area contributed by atoms with E-state index in [2.05, 4.69) is 35.3 Å². The van der Waals surface area contributed by atoms with E-state index in [9.17, 15) is 0 Å². The lowest BCUT2D eigenvalue weighted by atomic mass is 10.2. The third-order valence-electron chi connectivity index (χ3n) is 2.33. The van der Waals surface area contributed by atoms with Crippen molar-refractivity contribution in [2.75, 3.05) is 0 Å². The van der Waals surface area contributed by atoms with E-state index in [1.807, 2.05) is 18.2 Å². The summed E-state index contributed by atoms with van der Waals surface area (Å²) in [6.45, 7) is 0. The summed E-state index contributed by atoms with van der Waals surface area (Å²) < 4.78 is 0. The van der Waals surface area contributed by atoms with Crippen molar-refractivity contribution in [2.24, 2.45) is 0 Å². The lowest BCUT2D eigenvalue weighted by molar-refractivity contribution is 1.54. The second-order valence-electron chi connectivity index (χ2n) is 3.13. The third kappa shape index (κ3) is 0.872. The van der Waals surface area contributed by atoms with Crippen LogP contribution in [0, 0.1) is 6.07 Å². The molecular weight excluding hydrogens is 158 g/mol. The van der Waals surface area contributed by atoms with Gasteiger partial charge in [0.1, 0.15) is 0 Å². The highest BCUT2D eigenvalue weighted by Gasteiger charge is 2.00. The molecule has 0 fully saturated rings. The second kappa shape index (κ2) is 2.36. The summed E-state index contributed by atoms with van der Waals surface area (Å²) in [5, 5.41) is 2.52. The molecule has 0 bridgehead atoms. The molecule has 0 saturated carbocycles. The van der Waals surface area contributed by atoms with Crippen LogP contribution in [0.4, 0.5) is 0 Å². The van der Waals surface area contributed by atoms with Crippen LogP contribution in [-0.4, -0.2) is 4.98 Å². The van der Waals surface area contributed by atoms with E-state index in [-0.39, 0.29) is 1.43 Å². The number of nitrogens with one attached hydrogen (secondary N) is 1. The maximum atomic E-state index is 3.32. The van der Waals surface area contributed by atoms with Gasteiger partial charge in [0, 0.05) is 22.4 Å². The first-order valence-corrected chi connectivity index (χ1v) is 4.32. The summed E-state index contributed by atoms with van der Waals surface area (Å²) in [5.41, 5.74) is 2.27. The molecular formula is C12H9N+. The molecule has 1 aromatic heterocycles. The fourth-order valence-electron chi connectivity index (χ4n) is 1.73. The summed E-state index contributed by atoms with van der Waals surface area (Å²) in [6, 6.07) is 17.6. The van der Waals surface area contributed by atoms with Crippen molar-refractivity contribution in [1.82, 2.24) is 4.98 Å². The standard InChI is InChI=1S/C12H8N/c1-3-7-11-9(5-1)10-6-2-4-8-12(10)13-11/h1-7,13H/p+1. The van der Waals surface area contributed by atoms with Gasteiger partial charge >= 0.3 is 1.43 Å². The van der Waals surface area contributed by atoms with Crippen LogP contribution in [-0.2, 0) is 0 Å². The minimum absolute atomic E-state index is 0. The molecule has 3 aromatic rings. The molecule has 61 valence electrons. The first-order valence-electron chi connectivity index (χ1n) is 4.32. The highest BCUT2D eigenvalue weighted by Crippen LogP contribution is 2.23. The topological polar surface area (TPSA) is 15.8 Å². The van der Waals surface area contributed by atoms with Crippen molar-refractivity contribution in [1.29, 1.82) is 0 Å². The number of benzene rings is 2. The van der Waals surface area contributed by atoms with Crippen molar-refractivity contribution in [3.05, 3.63) is 48.5 Å². The minimum Gasteiger partial charge on any atom is -0.354 e. The van der Waals surface area contributed by atoms with Gasteiger partial charge in [0.2, 0.25) is 0 Å². The summed E-state index contributed by atoms with van der Waals surface area (Å²) in [7, 11) is 0. The molecule has 3 rings (SSSR count). The van der Waals surface area contributed by atoms with Crippen LogP contribution in [0.3, 0.4) is 0 Å². The molecule has 1 nitrogen and oxygen atoms in total. The van der Waals surface area contributed by atoms with E-state index in [4.69, 9.17) is 0 Å². The molecule has 0 atom stereocenters. The third-order valence-corrected chi connectivity index (χ3v) is 2.33. The SMILES string of the molecule is [H+].[c]1cccc2c1[nH]c1ccccc12. The van der Waals surface area contributed by atoms with E-state index < -0.39 is 0 Å². The number of rotatable bonds is 0. The first-order chi connectivity index (χ1) is 6.45. The zero-order chi connectivity index (χ0) is 8.67. The van der Waals surface area contributed by atoms with Gasteiger partial charge in [-0.2, -0.15) is 0 Å². The Balaban J connectivity index is 0.000000750. The Morgan fingerprint density at radius 2 is 1.85 bits per heavy atom. The van der Waals surface area contributed by atoms with Crippen molar-refractivity contribution in [2.45, 2.75) is 0 Å². The molecule has 0 unspecified atom stereocenters. The Morgan fingerprint density at radius 3 is 2.85 bits per heavy atom. The van der Waals surface area contributed by atoms with Gasteiger partial charge in [-0.25, -0.2) is 0 Å². The van der Waals surface area contributed by atoms with Crippen LogP contribution in [0.15, 0.2) is 42.5 Å². The summed E-state index contributed by atoms with van der Waals surface area (Å²) in [5.74, 6) is 0. The van der Waals surface area contributed by atoms with Crippen molar-refractivity contribution >= 4 is 21.8 Å². The Labute approximate surface area is 77.5 Å². The van der Waals surface area contributed by atoms with Crippen molar-refractivity contribution in [3.8, 4) is 0 Å². The predicted octanol–water partition coefficient (Wildman–Crippen LogP) is 3.23. The number of fused-ring (bicyclic) bond motifs is 3. The van der Waals surface area contributed by atoms with Gasteiger partial charge in [-0.1, -0.05) is 36.4 Å². The highest BCUT2D eigenvalue weighted by atomic mass is 14.7. The van der Waals surface area contributed by atoms with Crippen LogP contribution in [0.1, 0.15) is 1.43 Å². The summed E-state index contributed by atoms with van der Waals surface area (Å²) in [6.07, 6.45) is 0. The molecule has 0 aliphatic carbocycles. The Kier molecular flexibility index (Phi) is 1.22. The molecule has 0 aliphatic heterocycles. The van der Waals surface area contributed by atoms with Crippen LogP contribution in [0.5, 0.6) is 0 Å². The average molecular weight is 167 g/mol. The summed E-state index contributed by atoms with van der Waals surface area (Å²) >= 11 is 0. The quantitative estimate of drug-likeness (QED) is 0.529. The van der Waals surface area contributed by atoms with Gasteiger partial charge in [0.25, 0.3) is 0 Å². The molecule has 0 amide bonds. The van der Waals surface area contributed by atoms with Crippen LogP contribution >= 0.6 is 0 Å². The van der Waals surface area contributed by atoms with Crippen molar-refractivity contribution in [3.63, 3.8) is 0 Å². The maximum absolute atomic E-state index is 3.32. The van der Waals surface area contributed by atoms with Gasteiger partial charge in [0.15, 0.2) is 0 Å². The number of aromatic nitrogens is 1. The minimum atomic E-state index is 0. The van der Waals surface area contributed by atoms with E-state index in [0.717, 1.165) is 5.52 Å². The van der Waals surface area contributed by atoms with Gasteiger partial charge in [0.05, 0.1) is 5.52 Å². The lowest BCUT2D eigenvalue weighted by Crippen LogP contribution is -1.63. The van der Waals surface area contributed by atoms with Crippen LogP contribution in [0.25, 0.3) is 21.8 Å². The largest absolute Gasteiger partial charge is 1.00 e. The normalized spacial score (nSPS) is 11.1. The van der Waals surface area contributed by atoms with Gasteiger partial charge in [-0.15, -0.1) is 0 Å². The molecule has 0 aliphatic rings. The van der Waals surface area contributed by atoms with Crippen LogP contribution in [0.2, 0.25) is 0 Å². The maximum Gasteiger partial charge on any atom is 1.00 e. The first kappa shape index (κ1) is 6.72. The zero-order valence-electron chi connectivity index (χ0n) is 8.04. The molecule has 13 heavy (non-hydrogen) atoms. The number of hydrogen-bond acceptors (Lipinski definition) is 0. The van der Waals surface area contributed by atoms with Crippen molar-refractivity contribution < 1.29 is 1.43 Å². The Morgan fingerprint density at radius 1 is 1.00 bits per heavy atom. The second-order valence-corrected chi connectivity index (χ2v) is 3.13. The number of hydrogen-bond donors (Lipinski definition) is 1. The molecule has 1 heteroatoms. The molecule has 2 aromatic carbocycles. The number of H-pyrrole nitrogens is 1. The zero-order valence-corrected chi connectivity index (χ0v) is 7.04. The Hall–Kier alpha value is -1.76. The Bertz CT molecular complexity index is 518.